The molecule has 1 N–H and O–H groups in total. The van der Waals surface area contributed by atoms with Crippen molar-refractivity contribution in [2.75, 3.05) is 16.8 Å². The minimum Gasteiger partial charge on any atom is -0.381 e. The van der Waals surface area contributed by atoms with Gasteiger partial charge in [-0.25, -0.2) is 0 Å². The van der Waals surface area contributed by atoms with Gasteiger partial charge >= 0.3 is 0 Å². The van der Waals surface area contributed by atoms with Gasteiger partial charge in [0, 0.05) is 21.2 Å². The smallest absolute Gasteiger partial charge is 0.0487 e. The molecule has 0 saturated carbocycles. The van der Waals surface area contributed by atoms with Crippen LogP contribution in [0.5, 0.6) is 0 Å². The number of nitrogens with one attached hydrogen (secondary N) is 1. The van der Waals surface area contributed by atoms with Gasteiger partial charge in [0.25, 0.3) is 0 Å². The van der Waals surface area contributed by atoms with E-state index in [1.54, 1.807) is 0 Å². The molecule has 1 aromatic rings. The standard InChI is InChI=1S/C11H13BrClNS/c12-10-7-8(13)1-2-11(10)14-9-3-5-15-6-4-9/h1-2,7,9,14H,3-6H2. The summed E-state index contributed by atoms with van der Waals surface area (Å²) in [5.41, 5.74) is 1.15. The highest BCUT2D eigenvalue weighted by atomic mass is 79.9. The van der Waals surface area contributed by atoms with Crippen LogP contribution in [0, 0.1) is 0 Å². The summed E-state index contributed by atoms with van der Waals surface area (Å²) < 4.78 is 1.05. The predicted molar refractivity (Wildman–Crippen MR) is 73.1 cm³/mol. The summed E-state index contributed by atoms with van der Waals surface area (Å²) in [4.78, 5) is 0. The molecule has 82 valence electrons. The number of benzene rings is 1. The zero-order valence-corrected chi connectivity index (χ0v) is 11.5. The Morgan fingerprint density at radius 2 is 2.07 bits per heavy atom. The Morgan fingerprint density at radius 1 is 1.33 bits per heavy atom. The third-order valence-electron chi connectivity index (χ3n) is 2.51. The van der Waals surface area contributed by atoms with Crippen LogP contribution in [-0.2, 0) is 0 Å². The molecule has 0 aliphatic carbocycles. The number of thioether (sulfide) groups is 1. The van der Waals surface area contributed by atoms with Crippen molar-refractivity contribution in [1.82, 2.24) is 0 Å². The van der Waals surface area contributed by atoms with E-state index in [2.05, 4.69) is 21.2 Å². The van der Waals surface area contributed by atoms with Gasteiger partial charge in [0.05, 0.1) is 0 Å². The lowest BCUT2D eigenvalue weighted by molar-refractivity contribution is 0.666. The van der Waals surface area contributed by atoms with Gasteiger partial charge in [-0.2, -0.15) is 11.8 Å². The van der Waals surface area contributed by atoms with Crippen LogP contribution in [0.1, 0.15) is 12.8 Å². The monoisotopic (exact) mass is 305 g/mol. The average Bonchev–Trinajstić information content (AvgIpc) is 2.24. The van der Waals surface area contributed by atoms with Crippen molar-refractivity contribution >= 4 is 45.0 Å². The van der Waals surface area contributed by atoms with E-state index >= 15 is 0 Å². The Labute approximate surface area is 108 Å². The quantitative estimate of drug-likeness (QED) is 0.868. The Balaban J connectivity index is 2.03. The van der Waals surface area contributed by atoms with Crippen LogP contribution >= 0.6 is 39.3 Å². The van der Waals surface area contributed by atoms with E-state index in [-0.39, 0.29) is 0 Å². The normalized spacial score (nSPS) is 17.7. The van der Waals surface area contributed by atoms with Gasteiger partial charge in [0.2, 0.25) is 0 Å². The van der Waals surface area contributed by atoms with E-state index in [4.69, 9.17) is 11.6 Å². The first kappa shape index (κ1) is 11.6. The van der Waals surface area contributed by atoms with Crippen LogP contribution in [0.3, 0.4) is 0 Å². The second-order valence-electron chi connectivity index (χ2n) is 3.66. The molecule has 0 bridgehead atoms. The van der Waals surface area contributed by atoms with E-state index in [0.717, 1.165) is 15.2 Å². The highest BCUT2D eigenvalue weighted by molar-refractivity contribution is 9.10. The highest BCUT2D eigenvalue weighted by Gasteiger charge is 2.14. The number of hydrogen-bond donors (Lipinski definition) is 1. The molecule has 2 rings (SSSR count). The maximum atomic E-state index is 5.90. The molecule has 0 amide bonds. The topological polar surface area (TPSA) is 12.0 Å². The number of hydrogen-bond acceptors (Lipinski definition) is 2. The predicted octanol–water partition coefficient (Wildman–Crippen LogP) is 4.41. The number of rotatable bonds is 2. The van der Waals surface area contributed by atoms with E-state index in [1.165, 1.54) is 24.3 Å². The van der Waals surface area contributed by atoms with Gasteiger partial charge < -0.3 is 5.32 Å². The molecule has 1 saturated heterocycles. The fourth-order valence-electron chi connectivity index (χ4n) is 1.67. The number of halogens is 2. The first-order chi connectivity index (χ1) is 7.25. The van der Waals surface area contributed by atoms with Crippen LogP contribution < -0.4 is 5.32 Å². The third kappa shape index (κ3) is 3.30. The summed E-state index contributed by atoms with van der Waals surface area (Å²) in [6, 6.07) is 6.51. The van der Waals surface area contributed by atoms with Crippen LogP contribution in [0.2, 0.25) is 5.02 Å². The SMILES string of the molecule is Clc1ccc(NC2CCSCC2)c(Br)c1. The van der Waals surface area contributed by atoms with Crippen LogP contribution in [-0.4, -0.2) is 17.5 Å². The molecule has 1 nitrogen and oxygen atoms in total. The van der Waals surface area contributed by atoms with E-state index < -0.39 is 0 Å². The maximum absolute atomic E-state index is 5.90. The molecule has 0 aromatic heterocycles. The van der Waals surface area contributed by atoms with Crippen LogP contribution in [0.4, 0.5) is 5.69 Å². The highest BCUT2D eigenvalue weighted by Crippen LogP contribution is 2.28. The minimum absolute atomic E-state index is 0.615. The van der Waals surface area contributed by atoms with Gasteiger partial charge in [-0.3, -0.25) is 0 Å². The van der Waals surface area contributed by atoms with Crippen molar-refractivity contribution in [2.24, 2.45) is 0 Å². The van der Waals surface area contributed by atoms with Gasteiger partial charge in [0.15, 0.2) is 0 Å². The van der Waals surface area contributed by atoms with Crippen LogP contribution in [0.15, 0.2) is 22.7 Å². The van der Waals surface area contributed by atoms with Crippen molar-refractivity contribution in [3.8, 4) is 0 Å². The van der Waals surface area contributed by atoms with E-state index in [9.17, 15) is 0 Å². The first-order valence-corrected chi connectivity index (χ1v) is 7.37. The van der Waals surface area contributed by atoms with Crippen LogP contribution in [0.25, 0.3) is 0 Å². The zero-order valence-electron chi connectivity index (χ0n) is 8.30. The molecular weight excluding hydrogens is 294 g/mol. The average molecular weight is 307 g/mol. The molecule has 0 radical (unpaired) electrons. The fraction of sp³-hybridized carbons (Fsp3) is 0.455. The van der Waals surface area contributed by atoms with E-state index in [0.29, 0.717) is 6.04 Å². The Morgan fingerprint density at radius 3 is 2.73 bits per heavy atom. The van der Waals surface area contributed by atoms with Crippen molar-refractivity contribution in [2.45, 2.75) is 18.9 Å². The molecule has 0 atom stereocenters. The molecule has 1 aliphatic heterocycles. The van der Waals surface area contributed by atoms with Gasteiger partial charge in [-0.1, -0.05) is 11.6 Å². The van der Waals surface area contributed by atoms with Gasteiger partial charge in [-0.15, -0.1) is 0 Å². The molecule has 1 fully saturated rings. The molecule has 1 aliphatic rings. The van der Waals surface area contributed by atoms with Crippen molar-refractivity contribution in [1.29, 1.82) is 0 Å². The summed E-state index contributed by atoms with van der Waals surface area (Å²) in [5, 5.41) is 4.33. The summed E-state index contributed by atoms with van der Waals surface area (Å²) in [7, 11) is 0. The third-order valence-corrected chi connectivity index (χ3v) is 4.45. The lowest BCUT2D eigenvalue weighted by atomic mass is 10.1. The van der Waals surface area contributed by atoms with Gasteiger partial charge in [0.1, 0.15) is 0 Å². The Kier molecular flexibility index (Phi) is 4.23. The molecule has 15 heavy (non-hydrogen) atoms. The zero-order chi connectivity index (χ0) is 10.7. The molecule has 0 unspecified atom stereocenters. The molecular formula is C11H13BrClNS. The summed E-state index contributed by atoms with van der Waals surface area (Å²) in [6.45, 7) is 0. The maximum Gasteiger partial charge on any atom is 0.0487 e. The summed E-state index contributed by atoms with van der Waals surface area (Å²) >= 11 is 11.5. The molecule has 1 heterocycles. The summed E-state index contributed by atoms with van der Waals surface area (Å²) in [5.74, 6) is 2.53. The Bertz CT molecular complexity index is 339. The Hall–Kier alpha value is 0.140. The first-order valence-electron chi connectivity index (χ1n) is 5.05. The molecule has 1 aromatic carbocycles. The second kappa shape index (κ2) is 5.46. The minimum atomic E-state index is 0.615. The number of anilines is 1. The van der Waals surface area contributed by atoms with E-state index in [1.807, 2.05) is 30.0 Å². The summed E-state index contributed by atoms with van der Waals surface area (Å²) in [6.07, 6.45) is 2.50. The largest absolute Gasteiger partial charge is 0.381 e. The molecule has 0 spiro atoms. The van der Waals surface area contributed by atoms with Crippen molar-refractivity contribution < 1.29 is 0 Å². The van der Waals surface area contributed by atoms with Crippen molar-refractivity contribution in [3.63, 3.8) is 0 Å². The van der Waals surface area contributed by atoms with Crippen molar-refractivity contribution in [3.05, 3.63) is 27.7 Å². The fourth-order valence-corrected chi connectivity index (χ4v) is 3.57. The van der Waals surface area contributed by atoms with Gasteiger partial charge in [-0.05, 0) is 58.5 Å². The lowest BCUT2D eigenvalue weighted by Crippen LogP contribution is -2.24. The second-order valence-corrected chi connectivity index (χ2v) is 6.17. The lowest BCUT2D eigenvalue weighted by Gasteiger charge is -2.24. The molecule has 4 heteroatoms.